The number of benzene rings is 2. The molecule has 0 bridgehead atoms. The third-order valence-electron chi connectivity index (χ3n) is 3.78. The average molecular weight is 360 g/mol. The van der Waals surface area contributed by atoms with Crippen LogP contribution in [0.25, 0.3) is 23.3 Å². The number of rotatable bonds is 3. The van der Waals surface area contributed by atoms with Crippen LogP contribution in [-0.4, -0.2) is 19.1 Å². The van der Waals surface area contributed by atoms with Crippen molar-refractivity contribution in [3.8, 4) is 0 Å². The molecule has 0 fully saturated rings. The molecule has 0 aliphatic rings. The molecule has 0 radical (unpaired) electrons. The van der Waals surface area contributed by atoms with Crippen molar-refractivity contribution in [3.05, 3.63) is 69.7 Å². The van der Waals surface area contributed by atoms with E-state index in [1.807, 2.05) is 25.1 Å². The molecule has 0 unspecified atom stereocenters. The van der Waals surface area contributed by atoms with Crippen molar-refractivity contribution in [1.29, 1.82) is 0 Å². The Labute approximate surface area is 147 Å². The van der Waals surface area contributed by atoms with Crippen molar-refractivity contribution in [2.24, 2.45) is 0 Å². The van der Waals surface area contributed by atoms with E-state index in [0.29, 0.717) is 16.7 Å². The van der Waals surface area contributed by atoms with Crippen LogP contribution in [0.5, 0.6) is 0 Å². The third kappa shape index (κ3) is 3.77. The standard InChI is InChI=1S/C19H15F3N2O2/c1-24(2)14-8-10-15-17(11-14)26-18(25)16(23-15)9-5-12-3-6-13(7-4-12)19(20,21)22/h3-11H,1-2H3/b9-5+. The highest BCUT2D eigenvalue weighted by molar-refractivity contribution is 5.78. The van der Waals surface area contributed by atoms with Gasteiger partial charge in [0.2, 0.25) is 0 Å². The summed E-state index contributed by atoms with van der Waals surface area (Å²) in [6.07, 6.45) is -1.44. The second-order valence-electron chi connectivity index (χ2n) is 5.89. The number of hydrogen-bond donors (Lipinski definition) is 0. The van der Waals surface area contributed by atoms with Gasteiger partial charge in [-0.2, -0.15) is 13.2 Å². The first-order valence-electron chi connectivity index (χ1n) is 7.71. The van der Waals surface area contributed by atoms with E-state index in [1.165, 1.54) is 24.3 Å². The molecular formula is C19H15F3N2O2. The molecule has 1 heterocycles. The summed E-state index contributed by atoms with van der Waals surface area (Å²) in [5.74, 6) is 0. The van der Waals surface area contributed by atoms with Crippen LogP contribution in [0, 0.1) is 0 Å². The van der Waals surface area contributed by atoms with Gasteiger partial charge in [0.15, 0.2) is 5.58 Å². The van der Waals surface area contributed by atoms with Crippen LogP contribution in [0.4, 0.5) is 18.9 Å². The lowest BCUT2D eigenvalue weighted by Crippen LogP contribution is -2.09. The second kappa shape index (κ2) is 6.67. The molecule has 7 heteroatoms. The Morgan fingerprint density at radius 1 is 1.04 bits per heavy atom. The number of anilines is 1. The van der Waals surface area contributed by atoms with E-state index in [-0.39, 0.29) is 5.69 Å². The minimum absolute atomic E-state index is 0.0787. The monoisotopic (exact) mass is 360 g/mol. The first-order chi connectivity index (χ1) is 12.2. The summed E-state index contributed by atoms with van der Waals surface area (Å²) in [5, 5.41) is 0. The van der Waals surface area contributed by atoms with Crippen LogP contribution in [0.1, 0.15) is 16.8 Å². The van der Waals surface area contributed by atoms with Crippen LogP contribution >= 0.6 is 0 Å². The van der Waals surface area contributed by atoms with Crippen molar-refractivity contribution in [1.82, 2.24) is 4.98 Å². The van der Waals surface area contributed by atoms with Crippen LogP contribution in [0.3, 0.4) is 0 Å². The van der Waals surface area contributed by atoms with Crippen molar-refractivity contribution in [2.75, 3.05) is 19.0 Å². The predicted molar refractivity (Wildman–Crippen MR) is 95.0 cm³/mol. The minimum atomic E-state index is -4.38. The predicted octanol–water partition coefficient (Wildman–Crippen LogP) is 4.44. The Kier molecular flexibility index (Phi) is 4.54. The van der Waals surface area contributed by atoms with Crippen molar-refractivity contribution in [3.63, 3.8) is 0 Å². The fraction of sp³-hybridized carbons (Fsp3) is 0.158. The van der Waals surface area contributed by atoms with Crippen LogP contribution < -0.4 is 10.5 Å². The van der Waals surface area contributed by atoms with Gasteiger partial charge >= 0.3 is 11.8 Å². The van der Waals surface area contributed by atoms with E-state index in [4.69, 9.17) is 4.42 Å². The fourth-order valence-electron chi connectivity index (χ4n) is 2.35. The summed E-state index contributed by atoms with van der Waals surface area (Å²) in [5.41, 5.74) is 1.01. The molecular weight excluding hydrogens is 345 g/mol. The van der Waals surface area contributed by atoms with Gasteiger partial charge in [0.25, 0.3) is 0 Å². The average Bonchev–Trinajstić information content (AvgIpc) is 2.59. The number of alkyl halides is 3. The number of nitrogens with zero attached hydrogens (tertiary/aromatic N) is 2. The highest BCUT2D eigenvalue weighted by Gasteiger charge is 2.29. The minimum Gasteiger partial charge on any atom is -0.419 e. The molecule has 0 saturated carbocycles. The zero-order valence-electron chi connectivity index (χ0n) is 14.0. The lowest BCUT2D eigenvalue weighted by atomic mass is 10.1. The number of aromatic nitrogens is 1. The largest absolute Gasteiger partial charge is 0.419 e. The molecule has 0 atom stereocenters. The highest BCUT2D eigenvalue weighted by atomic mass is 19.4. The Morgan fingerprint density at radius 2 is 1.73 bits per heavy atom. The molecule has 0 aliphatic carbocycles. The number of hydrogen-bond acceptors (Lipinski definition) is 4. The first kappa shape index (κ1) is 17.7. The van der Waals surface area contributed by atoms with Gasteiger partial charge in [-0.3, -0.25) is 0 Å². The van der Waals surface area contributed by atoms with Crippen molar-refractivity contribution >= 4 is 28.9 Å². The molecule has 0 saturated heterocycles. The molecule has 0 amide bonds. The lowest BCUT2D eigenvalue weighted by Gasteiger charge is -2.12. The normalized spacial score (nSPS) is 12.0. The van der Waals surface area contributed by atoms with Gasteiger partial charge in [0.05, 0.1) is 5.56 Å². The summed E-state index contributed by atoms with van der Waals surface area (Å²) in [6.45, 7) is 0. The van der Waals surface area contributed by atoms with Gasteiger partial charge < -0.3 is 9.32 Å². The number of fused-ring (bicyclic) bond motifs is 1. The second-order valence-corrected chi connectivity index (χ2v) is 5.89. The van der Waals surface area contributed by atoms with E-state index in [9.17, 15) is 18.0 Å². The maximum absolute atomic E-state index is 12.6. The first-order valence-corrected chi connectivity index (χ1v) is 7.71. The molecule has 26 heavy (non-hydrogen) atoms. The number of halogens is 3. The fourth-order valence-corrected chi connectivity index (χ4v) is 2.35. The molecule has 0 N–H and O–H groups in total. The zero-order chi connectivity index (χ0) is 18.9. The van der Waals surface area contributed by atoms with Gasteiger partial charge in [-0.25, -0.2) is 9.78 Å². The maximum atomic E-state index is 12.6. The zero-order valence-corrected chi connectivity index (χ0v) is 14.0. The summed E-state index contributed by atoms with van der Waals surface area (Å²) in [4.78, 5) is 18.2. The third-order valence-corrected chi connectivity index (χ3v) is 3.78. The summed E-state index contributed by atoms with van der Waals surface area (Å²) in [6, 6.07) is 9.92. The van der Waals surface area contributed by atoms with Crippen molar-refractivity contribution in [2.45, 2.75) is 6.18 Å². The Balaban J connectivity index is 1.91. The molecule has 134 valence electrons. The van der Waals surface area contributed by atoms with Crippen LogP contribution in [0.2, 0.25) is 0 Å². The SMILES string of the molecule is CN(C)c1ccc2nc(/C=C/c3ccc(C(F)(F)F)cc3)c(=O)oc2c1. The maximum Gasteiger partial charge on any atom is 0.416 e. The van der Waals surface area contributed by atoms with Gasteiger partial charge in [-0.15, -0.1) is 0 Å². The smallest absolute Gasteiger partial charge is 0.416 e. The topological polar surface area (TPSA) is 46.3 Å². The van der Waals surface area contributed by atoms with Gasteiger partial charge in [0.1, 0.15) is 11.2 Å². The highest BCUT2D eigenvalue weighted by Crippen LogP contribution is 2.29. The molecule has 2 aromatic carbocycles. The Hall–Kier alpha value is -3.09. The van der Waals surface area contributed by atoms with Crippen molar-refractivity contribution < 1.29 is 17.6 Å². The Bertz CT molecular complexity index is 1020. The van der Waals surface area contributed by atoms with E-state index >= 15 is 0 Å². The molecule has 0 aliphatic heterocycles. The quantitative estimate of drug-likeness (QED) is 0.693. The van der Waals surface area contributed by atoms with Gasteiger partial charge in [0, 0.05) is 25.8 Å². The molecule has 3 rings (SSSR count). The lowest BCUT2D eigenvalue weighted by molar-refractivity contribution is -0.137. The van der Waals surface area contributed by atoms with E-state index in [1.54, 1.807) is 12.1 Å². The summed E-state index contributed by atoms with van der Waals surface area (Å²) < 4.78 is 43.0. The van der Waals surface area contributed by atoms with E-state index in [0.717, 1.165) is 17.8 Å². The molecule has 4 nitrogen and oxygen atoms in total. The van der Waals surface area contributed by atoms with Gasteiger partial charge in [-0.1, -0.05) is 18.2 Å². The summed E-state index contributed by atoms with van der Waals surface area (Å²) >= 11 is 0. The van der Waals surface area contributed by atoms with Crippen LogP contribution in [0.15, 0.2) is 51.7 Å². The summed E-state index contributed by atoms with van der Waals surface area (Å²) in [7, 11) is 3.74. The molecule has 0 spiro atoms. The van der Waals surface area contributed by atoms with Gasteiger partial charge in [-0.05, 0) is 35.9 Å². The van der Waals surface area contributed by atoms with E-state index in [2.05, 4.69) is 4.98 Å². The molecule has 1 aromatic heterocycles. The van der Waals surface area contributed by atoms with Crippen LogP contribution in [-0.2, 0) is 6.18 Å². The Morgan fingerprint density at radius 3 is 2.35 bits per heavy atom. The van der Waals surface area contributed by atoms with E-state index < -0.39 is 17.4 Å². The molecule has 3 aromatic rings.